The smallest absolute Gasteiger partial charge is 0.123 e. The van der Waals surface area contributed by atoms with Gasteiger partial charge in [-0.25, -0.2) is 0 Å². The summed E-state index contributed by atoms with van der Waals surface area (Å²) in [7, 11) is 3.48. The number of ether oxygens (including phenoxy) is 2. The average Bonchev–Trinajstić information content (AvgIpc) is 3.07. The summed E-state index contributed by atoms with van der Waals surface area (Å²) in [6.07, 6.45) is 22.9. The molecule has 4 N–H and O–H groups in total. The van der Waals surface area contributed by atoms with Crippen molar-refractivity contribution in [2.75, 3.05) is 53.5 Å². The molecule has 0 fully saturated rings. The number of hydrogen-bond donors (Lipinski definition) is 4. The minimum Gasteiger partial charge on any atom is -0.496 e. The van der Waals surface area contributed by atoms with Gasteiger partial charge in [-0.05, 0) is 89.9 Å². The van der Waals surface area contributed by atoms with Crippen LogP contribution in [0.2, 0.25) is 0 Å². The van der Waals surface area contributed by atoms with Gasteiger partial charge in [-0.3, -0.25) is 0 Å². The van der Waals surface area contributed by atoms with E-state index in [1.54, 1.807) is 14.2 Å². The molecule has 0 aromatic heterocycles. The van der Waals surface area contributed by atoms with E-state index in [9.17, 15) is 0 Å². The van der Waals surface area contributed by atoms with Gasteiger partial charge in [0.15, 0.2) is 0 Å². The van der Waals surface area contributed by atoms with E-state index in [-0.39, 0.29) is 12.4 Å². The van der Waals surface area contributed by atoms with Crippen molar-refractivity contribution < 1.29 is 9.47 Å². The maximum atomic E-state index is 5.42. The molecule has 0 aliphatic carbocycles. The minimum absolute atomic E-state index is 0. The summed E-state index contributed by atoms with van der Waals surface area (Å²) in [5.41, 5.74) is 2.48. The highest BCUT2D eigenvalue weighted by Gasteiger charge is 2.02. The number of para-hydroxylation sites is 2. The van der Waals surface area contributed by atoms with Gasteiger partial charge >= 0.3 is 0 Å². The minimum atomic E-state index is 0. The Hall–Kier alpha value is -1.83. The standard InChI is InChI=1S/C39H68N4O2.ClH/c1-44-38-26-16-14-24-36(38)34-42-32-22-12-10-20-30-40-28-18-8-6-4-3-5-7-9-19-29-41-31-21-11-13-23-33-43-35-37-25-15-17-27-39(37)45-2;/h14-17,24-27,40-43H,3-13,18-23,28-35H2,1-2H3;1H. The molecule has 46 heavy (non-hydrogen) atoms. The van der Waals surface area contributed by atoms with Gasteiger partial charge < -0.3 is 30.7 Å². The van der Waals surface area contributed by atoms with E-state index >= 15 is 0 Å². The number of methoxy groups -OCH3 is 2. The molecule has 6 nitrogen and oxygen atoms in total. The van der Waals surface area contributed by atoms with Gasteiger partial charge in [0.1, 0.15) is 11.5 Å². The topological polar surface area (TPSA) is 66.6 Å². The van der Waals surface area contributed by atoms with Crippen LogP contribution >= 0.6 is 12.4 Å². The zero-order valence-corrected chi connectivity index (χ0v) is 30.3. The molecule has 0 radical (unpaired) electrons. The lowest BCUT2D eigenvalue weighted by atomic mass is 10.1. The van der Waals surface area contributed by atoms with Crippen LogP contribution in [0.25, 0.3) is 0 Å². The van der Waals surface area contributed by atoms with E-state index in [0.717, 1.165) is 37.7 Å². The summed E-state index contributed by atoms with van der Waals surface area (Å²) in [5, 5.41) is 14.4. The Morgan fingerprint density at radius 3 is 0.935 bits per heavy atom. The summed E-state index contributed by atoms with van der Waals surface area (Å²) in [6.45, 7) is 8.66. The van der Waals surface area contributed by atoms with Crippen LogP contribution in [0.4, 0.5) is 0 Å². The highest BCUT2D eigenvalue weighted by molar-refractivity contribution is 5.85. The van der Waals surface area contributed by atoms with Crippen LogP contribution < -0.4 is 30.7 Å². The Kier molecular flexibility index (Phi) is 29.1. The van der Waals surface area contributed by atoms with Crippen LogP contribution in [0, 0.1) is 0 Å². The van der Waals surface area contributed by atoms with Gasteiger partial charge in [0.2, 0.25) is 0 Å². The van der Waals surface area contributed by atoms with Crippen molar-refractivity contribution in [2.45, 2.75) is 122 Å². The SMILES string of the molecule is COc1ccccc1CNCCCCCCNCCCCCCCCCCCNCCCCCCNCc1ccccc1OC.Cl. The number of nitrogens with one attached hydrogen (secondary N) is 4. The zero-order chi connectivity index (χ0) is 31.9. The summed E-state index contributed by atoms with van der Waals surface area (Å²) in [4.78, 5) is 0. The lowest BCUT2D eigenvalue weighted by Gasteiger charge is -2.09. The molecule has 0 heterocycles. The predicted molar refractivity (Wildman–Crippen MR) is 201 cm³/mol. The Balaban J connectivity index is 0.0000106. The molecule has 0 saturated heterocycles. The molecular weight excluding hydrogens is 592 g/mol. The van der Waals surface area contributed by atoms with Crippen LogP contribution in [0.5, 0.6) is 11.5 Å². The summed E-state index contributed by atoms with van der Waals surface area (Å²) < 4.78 is 10.8. The molecule has 2 aromatic carbocycles. The Bertz CT molecular complexity index is 859. The van der Waals surface area contributed by atoms with Crippen molar-refractivity contribution in [3.05, 3.63) is 59.7 Å². The largest absolute Gasteiger partial charge is 0.496 e. The normalized spacial score (nSPS) is 11.0. The maximum absolute atomic E-state index is 5.42. The number of hydrogen-bond acceptors (Lipinski definition) is 6. The lowest BCUT2D eigenvalue weighted by molar-refractivity contribution is 0.407. The van der Waals surface area contributed by atoms with E-state index in [4.69, 9.17) is 9.47 Å². The summed E-state index contributed by atoms with van der Waals surface area (Å²) in [5.74, 6) is 1.95. The van der Waals surface area contributed by atoms with E-state index in [1.807, 2.05) is 24.3 Å². The lowest BCUT2D eigenvalue weighted by Crippen LogP contribution is -2.17. The van der Waals surface area contributed by atoms with Crippen molar-refractivity contribution in [3.8, 4) is 11.5 Å². The third-order valence-electron chi connectivity index (χ3n) is 8.64. The zero-order valence-electron chi connectivity index (χ0n) is 29.5. The third kappa shape index (κ3) is 22.7. The number of benzene rings is 2. The molecule has 2 aromatic rings. The second-order valence-corrected chi connectivity index (χ2v) is 12.5. The van der Waals surface area contributed by atoms with Gasteiger partial charge in [0, 0.05) is 24.2 Å². The first-order valence-electron chi connectivity index (χ1n) is 18.4. The molecule has 0 spiro atoms. The van der Waals surface area contributed by atoms with Gasteiger partial charge in [-0.1, -0.05) is 107 Å². The first-order valence-corrected chi connectivity index (χ1v) is 18.4. The highest BCUT2D eigenvalue weighted by Crippen LogP contribution is 2.17. The van der Waals surface area contributed by atoms with Gasteiger partial charge in [-0.15, -0.1) is 12.4 Å². The van der Waals surface area contributed by atoms with Crippen molar-refractivity contribution in [2.24, 2.45) is 0 Å². The van der Waals surface area contributed by atoms with Crippen LogP contribution in [-0.2, 0) is 13.1 Å². The number of unbranched alkanes of at least 4 members (excludes halogenated alkanes) is 14. The fourth-order valence-corrected chi connectivity index (χ4v) is 5.84. The molecule has 0 bridgehead atoms. The van der Waals surface area contributed by atoms with Crippen LogP contribution in [-0.4, -0.2) is 53.5 Å². The van der Waals surface area contributed by atoms with Gasteiger partial charge in [-0.2, -0.15) is 0 Å². The molecule has 7 heteroatoms. The number of rotatable bonds is 32. The molecular formula is C39H69ClN4O2. The predicted octanol–water partition coefficient (Wildman–Crippen LogP) is 8.82. The van der Waals surface area contributed by atoms with Crippen molar-refractivity contribution in [1.29, 1.82) is 0 Å². The quantitative estimate of drug-likeness (QED) is 0.0588. The monoisotopic (exact) mass is 661 g/mol. The molecule has 0 atom stereocenters. The molecule has 0 saturated carbocycles. The van der Waals surface area contributed by atoms with Gasteiger partial charge in [0.25, 0.3) is 0 Å². The third-order valence-corrected chi connectivity index (χ3v) is 8.64. The molecule has 2 rings (SSSR count). The van der Waals surface area contributed by atoms with E-state index < -0.39 is 0 Å². The molecule has 0 aliphatic rings. The van der Waals surface area contributed by atoms with Crippen LogP contribution in [0.1, 0.15) is 120 Å². The van der Waals surface area contributed by atoms with E-state index in [2.05, 4.69) is 45.5 Å². The molecule has 0 aliphatic heterocycles. The van der Waals surface area contributed by atoms with E-state index in [0.29, 0.717) is 0 Å². The first kappa shape index (κ1) is 42.2. The Morgan fingerprint density at radius 1 is 0.370 bits per heavy atom. The molecule has 0 unspecified atom stereocenters. The van der Waals surface area contributed by atoms with Crippen molar-refractivity contribution >= 4 is 12.4 Å². The summed E-state index contributed by atoms with van der Waals surface area (Å²) >= 11 is 0. The van der Waals surface area contributed by atoms with Crippen LogP contribution in [0.15, 0.2) is 48.5 Å². The van der Waals surface area contributed by atoms with E-state index in [1.165, 1.54) is 146 Å². The molecule has 264 valence electrons. The molecule has 0 amide bonds. The Morgan fingerprint density at radius 2 is 0.630 bits per heavy atom. The second kappa shape index (κ2) is 31.8. The second-order valence-electron chi connectivity index (χ2n) is 12.5. The summed E-state index contributed by atoms with van der Waals surface area (Å²) in [6, 6.07) is 16.5. The van der Waals surface area contributed by atoms with Gasteiger partial charge in [0.05, 0.1) is 14.2 Å². The highest BCUT2D eigenvalue weighted by atomic mass is 35.5. The Labute approximate surface area is 289 Å². The fraction of sp³-hybridized carbons (Fsp3) is 0.692. The first-order chi connectivity index (χ1) is 22.3. The van der Waals surface area contributed by atoms with Crippen molar-refractivity contribution in [3.63, 3.8) is 0 Å². The maximum Gasteiger partial charge on any atom is 0.123 e. The number of halogens is 1. The van der Waals surface area contributed by atoms with Crippen LogP contribution in [0.3, 0.4) is 0 Å². The fourth-order valence-electron chi connectivity index (χ4n) is 5.84. The van der Waals surface area contributed by atoms with Crippen molar-refractivity contribution in [1.82, 2.24) is 21.3 Å². The average molecular weight is 661 g/mol.